The van der Waals surface area contributed by atoms with Crippen molar-refractivity contribution in [3.05, 3.63) is 89.7 Å². The van der Waals surface area contributed by atoms with Crippen LogP contribution in [-0.2, 0) is 20.8 Å². The maximum Gasteiger partial charge on any atom is 0.305 e. The number of aromatic nitrogens is 1. The van der Waals surface area contributed by atoms with Crippen LogP contribution in [-0.4, -0.2) is 64.9 Å². The van der Waals surface area contributed by atoms with Gasteiger partial charge in [-0.05, 0) is 47.2 Å². The van der Waals surface area contributed by atoms with E-state index in [1.54, 1.807) is 36.5 Å². The quantitative estimate of drug-likeness (QED) is 0.308. The van der Waals surface area contributed by atoms with E-state index in [2.05, 4.69) is 20.5 Å². The number of carboxylic acids is 1. The number of benzene rings is 2. The number of hydrogen-bond donors (Lipinski definition) is 3. The van der Waals surface area contributed by atoms with Gasteiger partial charge in [-0.1, -0.05) is 57.2 Å². The van der Waals surface area contributed by atoms with E-state index in [-0.39, 0.29) is 35.6 Å². The number of carbonyl (C=O) groups is 4. The number of pyridine rings is 1. The number of amides is 3. The first-order valence-electron chi connectivity index (χ1n) is 14.9. The standard InChI is InChI=1S/C34H41N5O5/c1-34(2,3)22-30(40)36-28-20-25(33(44)37-27(21-32(42)43)26-11-7-14-35-23-26)12-13-29(28)38-15-8-16-39(18-17-38)31(41)19-24-9-5-4-6-10-24/h4-7,9-14,20,23,27H,8,15-19,21-22H2,1-3H3,(H,36,40)(H,37,44)(H,42,43). The Labute approximate surface area is 258 Å². The first kappa shape index (κ1) is 32.2. The summed E-state index contributed by atoms with van der Waals surface area (Å²) in [6.45, 7) is 8.34. The van der Waals surface area contributed by atoms with Crippen molar-refractivity contribution in [1.29, 1.82) is 0 Å². The van der Waals surface area contributed by atoms with Crippen LogP contribution < -0.4 is 15.5 Å². The third-order valence-electron chi connectivity index (χ3n) is 7.38. The molecular formula is C34H41N5O5. The molecule has 10 heteroatoms. The molecule has 44 heavy (non-hydrogen) atoms. The van der Waals surface area contributed by atoms with Crippen molar-refractivity contribution in [3.8, 4) is 0 Å². The maximum absolute atomic E-state index is 13.4. The van der Waals surface area contributed by atoms with Crippen molar-refractivity contribution in [2.75, 3.05) is 36.4 Å². The van der Waals surface area contributed by atoms with Crippen molar-refractivity contribution in [3.63, 3.8) is 0 Å². The van der Waals surface area contributed by atoms with Gasteiger partial charge in [0, 0.05) is 50.6 Å². The molecule has 4 rings (SSSR count). The molecule has 0 radical (unpaired) electrons. The van der Waals surface area contributed by atoms with Crippen LogP contribution in [0.15, 0.2) is 73.1 Å². The highest BCUT2D eigenvalue weighted by Gasteiger charge is 2.25. The van der Waals surface area contributed by atoms with Gasteiger partial charge < -0.3 is 25.5 Å². The summed E-state index contributed by atoms with van der Waals surface area (Å²) in [5.74, 6) is -1.62. The summed E-state index contributed by atoms with van der Waals surface area (Å²) >= 11 is 0. The van der Waals surface area contributed by atoms with Crippen LogP contribution in [0.4, 0.5) is 11.4 Å². The number of carbonyl (C=O) groups excluding carboxylic acids is 3. The fourth-order valence-corrected chi connectivity index (χ4v) is 5.27. The second-order valence-corrected chi connectivity index (χ2v) is 12.3. The molecule has 2 aromatic carbocycles. The van der Waals surface area contributed by atoms with Crippen molar-refractivity contribution in [2.45, 2.75) is 52.5 Å². The topological polar surface area (TPSA) is 132 Å². The van der Waals surface area contributed by atoms with Crippen molar-refractivity contribution in [2.24, 2.45) is 5.41 Å². The molecule has 1 atom stereocenters. The molecular weight excluding hydrogens is 558 g/mol. The summed E-state index contributed by atoms with van der Waals surface area (Å²) in [7, 11) is 0. The normalized spacial score (nSPS) is 14.3. The summed E-state index contributed by atoms with van der Waals surface area (Å²) in [6.07, 6.45) is 4.18. The summed E-state index contributed by atoms with van der Waals surface area (Å²) in [4.78, 5) is 59.1. The Morgan fingerprint density at radius 2 is 1.73 bits per heavy atom. The lowest BCUT2D eigenvalue weighted by Gasteiger charge is -2.27. The molecule has 1 aliphatic rings. The second-order valence-electron chi connectivity index (χ2n) is 12.3. The Kier molecular flexibility index (Phi) is 10.7. The van der Waals surface area contributed by atoms with Gasteiger partial charge in [0.15, 0.2) is 0 Å². The molecule has 1 saturated heterocycles. The van der Waals surface area contributed by atoms with Crippen molar-refractivity contribution >= 4 is 35.1 Å². The number of nitrogens with zero attached hydrogens (tertiary/aromatic N) is 3. The summed E-state index contributed by atoms with van der Waals surface area (Å²) in [5.41, 5.74) is 2.85. The lowest BCUT2D eigenvalue weighted by Crippen LogP contribution is -2.36. The minimum Gasteiger partial charge on any atom is -0.481 e. The molecule has 3 N–H and O–H groups in total. The van der Waals surface area contributed by atoms with E-state index in [4.69, 9.17) is 0 Å². The molecule has 0 bridgehead atoms. The fourth-order valence-electron chi connectivity index (χ4n) is 5.27. The molecule has 3 amide bonds. The number of anilines is 2. The van der Waals surface area contributed by atoms with Crippen molar-refractivity contribution < 1.29 is 24.3 Å². The van der Waals surface area contributed by atoms with Crippen molar-refractivity contribution in [1.82, 2.24) is 15.2 Å². The average molecular weight is 600 g/mol. The average Bonchev–Trinajstić information content (AvgIpc) is 3.23. The van der Waals surface area contributed by atoms with Gasteiger partial charge in [-0.15, -0.1) is 0 Å². The zero-order valence-electron chi connectivity index (χ0n) is 25.6. The van der Waals surface area contributed by atoms with Gasteiger partial charge in [-0.2, -0.15) is 0 Å². The molecule has 0 spiro atoms. The number of nitrogens with one attached hydrogen (secondary N) is 2. The highest BCUT2D eigenvalue weighted by atomic mass is 16.4. The van der Waals surface area contributed by atoms with Crippen LogP contribution in [0.5, 0.6) is 0 Å². The Morgan fingerprint density at radius 1 is 0.955 bits per heavy atom. The van der Waals surface area contributed by atoms with Gasteiger partial charge in [-0.3, -0.25) is 24.2 Å². The van der Waals surface area contributed by atoms with E-state index in [0.717, 1.165) is 17.7 Å². The third kappa shape index (κ3) is 9.39. The molecule has 10 nitrogen and oxygen atoms in total. The molecule has 1 unspecified atom stereocenters. The summed E-state index contributed by atoms with van der Waals surface area (Å²) < 4.78 is 0. The monoisotopic (exact) mass is 599 g/mol. The van der Waals surface area contributed by atoms with Gasteiger partial charge in [0.05, 0.1) is 30.3 Å². The van der Waals surface area contributed by atoms with Crippen LogP contribution in [0.2, 0.25) is 0 Å². The molecule has 3 aromatic rings. The minimum absolute atomic E-state index is 0.0771. The molecule has 0 saturated carbocycles. The molecule has 2 heterocycles. The Balaban J connectivity index is 1.55. The van der Waals surface area contributed by atoms with Crippen LogP contribution in [0.1, 0.15) is 67.6 Å². The molecule has 232 valence electrons. The van der Waals surface area contributed by atoms with E-state index in [1.165, 1.54) is 6.20 Å². The summed E-state index contributed by atoms with van der Waals surface area (Å²) in [5, 5.41) is 15.3. The first-order chi connectivity index (χ1) is 21.0. The zero-order chi connectivity index (χ0) is 31.7. The van der Waals surface area contributed by atoms with E-state index in [9.17, 15) is 24.3 Å². The fraction of sp³-hybridized carbons (Fsp3) is 0.382. The van der Waals surface area contributed by atoms with Gasteiger partial charge in [0.2, 0.25) is 11.8 Å². The lowest BCUT2D eigenvalue weighted by molar-refractivity contribution is -0.137. The van der Waals surface area contributed by atoms with E-state index in [0.29, 0.717) is 43.9 Å². The molecule has 1 aromatic heterocycles. The van der Waals surface area contributed by atoms with Crippen LogP contribution in [0.25, 0.3) is 0 Å². The predicted molar refractivity (Wildman–Crippen MR) is 169 cm³/mol. The zero-order valence-corrected chi connectivity index (χ0v) is 25.6. The Hall–Kier alpha value is -4.73. The number of carboxylic acid groups (broad SMARTS) is 1. The van der Waals surface area contributed by atoms with E-state index >= 15 is 0 Å². The highest BCUT2D eigenvalue weighted by molar-refractivity contribution is 6.00. The summed E-state index contributed by atoms with van der Waals surface area (Å²) in [6, 6.07) is 17.4. The first-order valence-corrected chi connectivity index (χ1v) is 14.9. The Bertz CT molecular complexity index is 1460. The maximum atomic E-state index is 13.4. The van der Waals surface area contributed by atoms with E-state index < -0.39 is 17.9 Å². The minimum atomic E-state index is -1.05. The number of aliphatic carboxylic acids is 1. The van der Waals surface area contributed by atoms with Crippen LogP contribution >= 0.6 is 0 Å². The molecule has 0 aliphatic carbocycles. The predicted octanol–water partition coefficient (Wildman–Crippen LogP) is 4.68. The van der Waals surface area contributed by atoms with Gasteiger partial charge in [-0.25, -0.2) is 0 Å². The largest absolute Gasteiger partial charge is 0.481 e. The van der Waals surface area contributed by atoms with Crippen LogP contribution in [0.3, 0.4) is 0 Å². The second kappa shape index (κ2) is 14.6. The third-order valence-corrected chi connectivity index (χ3v) is 7.38. The molecule has 1 fully saturated rings. The number of hydrogen-bond acceptors (Lipinski definition) is 6. The van der Waals surface area contributed by atoms with Crippen LogP contribution in [0, 0.1) is 5.41 Å². The Morgan fingerprint density at radius 3 is 2.41 bits per heavy atom. The SMILES string of the molecule is CC(C)(C)CC(=O)Nc1cc(C(=O)NC(CC(=O)O)c2cccnc2)ccc1N1CCCN(C(=O)Cc2ccccc2)CC1. The van der Waals surface area contributed by atoms with E-state index in [1.807, 2.05) is 56.0 Å². The van der Waals surface area contributed by atoms with Gasteiger partial charge in [0.1, 0.15) is 0 Å². The number of rotatable bonds is 10. The smallest absolute Gasteiger partial charge is 0.305 e. The lowest BCUT2D eigenvalue weighted by atomic mass is 9.92. The molecule has 1 aliphatic heterocycles. The van der Waals surface area contributed by atoms with Gasteiger partial charge >= 0.3 is 5.97 Å². The van der Waals surface area contributed by atoms with Gasteiger partial charge in [0.25, 0.3) is 5.91 Å². The highest BCUT2D eigenvalue weighted by Crippen LogP contribution is 2.30.